The number of carbonyl (C=O) groups is 2. The third-order valence-corrected chi connectivity index (χ3v) is 4.04. The number of likely N-dealkylation sites (tertiary alicyclic amines) is 1. The average molecular weight is 296 g/mol. The Labute approximate surface area is 127 Å². The van der Waals surface area contributed by atoms with Crippen LogP contribution in [0.25, 0.3) is 0 Å². The maximum atomic E-state index is 12.1. The summed E-state index contributed by atoms with van der Waals surface area (Å²) < 4.78 is 5.41. The van der Waals surface area contributed by atoms with Crippen molar-refractivity contribution in [2.45, 2.75) is 77.5 Å². The summed E-state index contributed by atoms with van der Waals surface area (Å²) in [6.07, 6.45) is 4.34. The summed E-state index contributed by atoms with van der Waals surface area (Å²) in [6, 6.07) is 0.749. The van der Waals surface area contributed by atoms with Crippen LogP contribution in [0.2, 0.25) is 0 Å². The average Bonchev–Trinajstić information content (AvgIpc) is 3.22. The Morgan fingerprint density at radius 2 is 1.62 bits per heavy atom. The highest BCUT2D eigenvalue weighted by Crippen LogP contribution is 2.32. The molecule has 0 atom stereocenters. The second-order valence-electron chi connectivity index (χ2n) is 7.08. The number of rotatable bonds is 3. The Hall–Kier alpha value is -1.26. The molecule has 1 saturated carbocycles. The van der Waals surface area contributed by atoms with E-state index in [2.05, 4.69) is 4.90 Å². The number of hydrogen-bond acceptors (Lipinski definition) is 3. The minimum atomic E-state index is -0.452. The van der Waals surface area contributed by atoms with E-state index in [9.17, 15) is 9.59 Å². The van der Waals surface area contributed by atoms with Crippen LogP contribution < -0.4 is 0 Å². The quantitative estimate of drug-likeness (QED) is 0.804. The van der Waals surface area contributed by atoms with Gasteiger partial charge in [-0.25, -0.2) is 4.79 Å². The van der Waals surface area contributed by atoms with E-state index in [0.29, 0.717) is 31.6 Å². The molecule has 2 fully saturated rings. The number of carbonyl (C=O) groups excluding carboxylic acids is 2. The van der Waals surface area contributed by atoms with Crippen LogP contribution in [0.3, 0.4) is 0 Å². The van der Waals surface area contributed by atoms with Crippen LogP contribution in [0, 0.1) is 0 Å². The molecule has 0 spiro atoms. The molecule has 1 heterocycles. The number of hydrogen-bond donors (Lipinski definition) is 0. The standard InChI is InChI=1S/C16H28N2O3/c1-5-14(19)18(12-6-7-12)13-8-10-17(11-9-13)15(20)21-16(2,3)4/h12-13H,5-11H2,1-4H3. The van der Waals surface area contributed by atoms with Crippen molar-refractivity contribution in [3.63, 3.8) is 0 Å². The van der Waals surface area contributed by atoms with Crippen molar-refractivity contribution in [3.8, 4) is 0 Å². The van der Waals surface area contributed by atoms with E-state index in [4.69, 9.17) is 4.74 Å². The summed E-state index contributed by atoms with van der Waals surface area (Å²) in [4.78, 5) is 28.0. The highest BCUT2D eigenvalue weighted by molar-refractivity contribution is 5.77. The summed E-state index contributed by atoms with van der Waals surface area (Å²) in [5.74, 6) is 0.258. The lowest BCUT2D eigenvalue weighted by atomic mass is 10.0. The third kappa shape index (κ3) is 4.35. The van der Waals surface area contributed by atoms with E-state index >= 15 is 0 Å². The van der Waals surface area contributed by atoms with Crippen LogP contribution in [-0.2, 0) is 9.53 Å². The van der Waals surface area contributed by atoms with Gasteiger partial charge >= 0.3 is 6.09 Å². The smallest absolute Gasteiger partial charge is 0.410 e. The van der Waals surface area contributed by atoms with Gasteiger partial charge in [-0.2, -0.15) is 0 Å². The SMILES string of the molecule is CCC(=O)N(C1CC1)C1CCN(C(=O)OC(C)(C)C)CC1. The van der Waals surface area contributed by atoms with E-state index in [0.717, 1.165) is 25.7 Å². The fourth-order valence-corrected chi connectivity index (χ4v) is 2.89. The summed E-state index contributed by atoms with van der Waals surface area (Å²) in [5.41, 5.74) is -0.452. The largest absolute Gasteiger partial charge is 0.444 e. The monoisotopic (exact) mass is 296 g/mol. The van der Waals surface area contributed by atoms with Crippen molar-refractivity contribution < 1.29 is 14.3 Å². The van der Waals surface area contributed by atoms with Crippen LogP contribution in [0.4, 0.5) is 4.79 Å². The summed E-state index contributed by atoms with van der Waals surface area (Å²) in [6.45, 7) is 8.93. The molecule has 2 amide bonds. The first-order valence-electron chi connectivity index (χ1n) is 8.11. The Morgan fingerprint density at radius 3 is 2.05 bits per heavy atom. The predicted octanol–water partition coefficient (Wildman–Crippen LogP) is 2.79. The number of nitrogens with zero attached hydrogens (tertiary/aromatic N) is 2. The van der Waals surface area contributed by atoms with E-state index in [-0.39, 0.29) is 12.0 Å². The lowest BCUT2D eigenvalue weighted by Crippen LogP contribution is -2.50. The Bertz CT molecular complexity index is 391. The molecule has 1 saturated heterocycles. The van der Waals surface area contributed by atoms with Crippen molar-refractivity contribution in [2.75, 3.05) is 13.1 Å². The summed E-state index contributed by atoms with van der Waals surface area (Å²) >= 11 is 0. The van der Waals surface area contributed by atoms with Crippen molar-refractivity contribution in [1.29, 1.82) is 0 Å². The fourth-order valence-electron chi connectivity index (χ4n) is 2.89. The zero-order valence-corrected chi connectivity index (χ0v) is 13.7. The van der Waals surface area contributed by atoms with Gasteiger partial charge in [0.05, 0.1) is 0 Å². The molecule has 0 radical (unpaired) electrons. The summed E-state index contributed by atoms with van der Waals surface area (Å²) in [5, 5.41) is 0. The van der Waals surface area contributed by atoms with Gasteiger partial charge < -0.3 is 14.5 Å². The van der Waals surface area contributed by atoms with Crippen LogP contribution in [0.1, 0.15) is 59.8 Å². The lowest BCUT2D eigenvalue weighted by molar-refractivity contribution is -0.134. The maximum absolute atomic E-state index is 12.1. The Balaban J connectivity index is 1.87. The second-order valence-corrected chi connectivity index (χ2v) is 7.08. The molecule has 21 heavy (non-hydrogen) atoms. The van der Waals surface area contributed by atoms with Gasteiger partial charge in [-0.1, -0.05) is 6.92 Å². The molecule has 1 aliphatic carbocycles. The topological polar surface area (TPSA) is 49.9 Å². The number of amides is 2. The highest BCUT2D eigenvalue weighted by Gasteiger charge is 2.38. The molecule has 1 aliphatic heterocycles. The van der Waals surface area contributed by atoms with Crippen molar-refractivity contribution in [2.24, 2.45) is 0 Å². The normalized spacial score (nSPS) is 20.3. The van der Waals surface area contributed by atoms with E-state index < -0.39 is 5.60 Å². The van der Waals surface area contributed by atoms with Gasteiger partial charge in [0.1, 0.15) is 5.60 Å². The van der Waals surface area contributed by atoms with Crippen LogP contribution >= 0.6 is 0 Å². The molecule has 0 aromatic carbocycles. The molecule has 0 N–H and O–H groups in total. The fraction of sp³-hybridized carbons (Fsp3) is 0.875. The first kappa shape index (κ1) is 16.1. The van der Waals surface area contributed by atoms with Crippen molar-refractivity contribution in [3.05, 3.63) is 0 Å². The van der Waals surface area contributed by atoms with Gasteiger partial charge in [0.15, 0.2) is 0 Å². The Kier molecular flexibility index (Phi) is 4.79. The highest BCUT2D eigenvalue weighted by atomic mass is 16.6. The van der Waals surface area contributed by atoms with Gasteiger partial charge in [-0.15, -0.1) is 0 Å². The van der Waals surface area contributed by atoms with Crippen molar-refractivity contribution in [1.82, 2.24) is 9.80 Å². The van der Waals surface area contributed by atoms with Crippen LogP contribution in [0.15, 0.2) is 0 Å². The molecular formula is C16H28N2O3. The molecule has 5 nitrogen and oxygen atoms in total. The predicted molar refractivity (Wildman–Crippen MR) is 81.0 cm³/mol. The third-order valence-electron chi connectivity index (χ3n) is 4.04. The van der Waals surface area contributed by atoms with Crippen molar-refractivity contribution >= 4 is 12.0 Å². The molecule has 5 heteroatoms. The Morgan fingerprint density at radius 1 is 1.10 bits per heavy atom. The van der Waals surface area contributed by atoms with E-state index in [1.165, 1.54) is 0 Å². The zero-order valence-electron chi connectivity index (χ0n) is 13.7. The lowest BCUT2D eigenvalue weighted by Gasteiger charge is -2.39. The van der Waals surface area contributed by atoms with Crippen LogP contribution in [0.5, 0.6) is 0 Å². The van der Waals surface area contributed by atoms with Gasteiger partial charge in [-0.3, -0.25) is 4.79 Å². The van der Waals surface area contributed by atoms with Gasteiger partial charge in [0.25, 0.3) is 0 Å². The molecule has 120 valence electrons. The molecule has 2 aliphatic rings. The van der Waals surface area contributed by atoms with Gasteiger partial charge in [0.2, 0.25) is 5.91 Å². The maximum Gasteiger partial charge on any atom is 0.410 e. The molecule has 0 bridgehead atoms. The molecular weight excluding hydrogens is 268 g/mol. The van der Waals surface area contributed by atoms with E-state index in [1.54, 1.807) is 4.90 Å². The first-order chi connectivity index (χ1) is 9.81. The molecule has 2 rings (SSSR count). The van der Waals surface area contributed by atoms with Gasteiger partial charge in [-0.05, 0) is 46.5 Å². The molecule has 0 unspecified atom stereocenters. The minimum Gasteiger partial charge on any atom is -0.444 e. The first-order valence-corrected chi connectivity index (χ1v) is 8.11. The number of piperidine rings is 1. The molecule has 0 aromatic heterocycles. The van der Waals surface area contributed by atoms with Gasteiger partial charge in [0, 0.05) is 31.6 Å². The summed E-state index contributed by atoms with van der Waals surface area (Å²) in [7, 11) is 0. The van der Waals surface area contributed by atoms with E-state index in [1.807, 2.05) is 27.7 Å². The molecule has 0 aromatic rings. The number of ether oxygens (including phenoxy) is 1. The minimum absolute atomic E-state index is 0.235. The zero-order chi connectivity index (χ0) is 15.6. The van der Waals surface area contributed by atoms with Crippen LogP contribution in [-0.4, -0.2) is 52.6 Å². The second kappa shape index (κ2) is 6.24.